The van der Waals surface area contributed by atoms with Gasteiger partial charge in [0.1, 0.15) is 18.4 Å². The first-order valence-corrected chi connectivity index (χ1v) is 19.8. The number of aliphatic hydroxyl groups excluding tert-OH is 2. The Bertz CT molecular complexity index is 1810. The number of ether oxygens (including phenoxy) is 5. The van der Waals surface area contributed by atoms with E-state index in [1.54, 1.807) is 23.0 Å². The number of benzene rings is 1. The number of aromatic nitrogens is 3. The molecule has 4 aliphatic rings. The van der Waals surface area contributed by atoms with Crippen LogP contribution in [0.1, 0.15) is 106 Å². The van der Waals surface area contributed by atoms with Crippen LogP contribution in [0.2, 0.25) is 0 Å². The molecule has 12 heteroatoms. The number of hydrogen-bond acceptors (Lipinski definition) is 11. The van der Waals surface area contributed by atoms with Crippen LogP contribution in [-0.2, 0) is 25.7 Å². The van der Waals surface area contributed by atoms with E-state index in [4.69, 9.17) is 23.7 Å². The van der Waals surface area contributed by atoms with Crippen molar-refractivity contribution in [1.29, 1.82) is 0 Å². The summed E-state index contributed by atoms with van der Waals surface area (Å²) in [5.74, 6) is 0.748. The van der Waals surface area contributed by atoms with Crippen LogP contribution in [0.25, 0.3) is 5.69 Å². The average Bonchev–Trinajstić information content (AvgIpc) is 3.72. The number of hydrogen-bond donors (Lipinski definition) is 2. The summed E-state index contributed by atoms with van der Waals surface area (Å²) < 4.78 is 30.2. The first-order chi connectivity index (χ1) is 26.0. The smallest absolute Gasteiger partial charge is 0.334 e. The van der Waals surface area contributed by atoms with Gasteiger partial charge in [-0.15, -0.1) is 5.10 Å². The predicted octanol–water partition coefficient (Wildman–Crippen LogP) is 6.93. The molecule has 1 heterocycles. The maximum atomic E-state index is 14.4. The molecule has 1 aromatic heterocycles. The lowest BCUT2D eigenvalue weighted by Crippen LogP contribution is -2.65. The lowest BCUT2D eigenvalue weighted by molar-refractivity contribution is -0.234. The van der Waals surface area contributed by atoms with Crippen LogP contribution in [0.5, 0.6) is 17.2 Å². The van der Waals surface area contributed by atoms with Gasteiger partial charge in [0.25, 0.3) is 0 Å². The van der Waals surface area contributed by atoms with Gasteiger partial charge in [-0.25, -0.2) is 9.48 Å². The third-order valence-electron chi connectivity index (χ3n) is 14.4. The average molecular weight is 764 g/mol. The number of carbonyl (C=O) groups excluding carboxylic acids is 2. The molecule has 2 N–H and O–H groups in total. The first-order valence-electron chi connectivity index (χ1n) is 19.8. The van der Waals surface area contributed by atoms with E-state index in [2.05, 4.69) is 44.1 Å². The van der Waals surface area contributed by atoms with Crippen LogP contribution in [-0.4, -0.2) is 76.8 Å². The maximum Gasteiger partial charge on any atom is 0.334 e. The molecule has 4 saturated carbocycles. The second-order valence-electron chi connectivity index (χ2n) is 17.5. The van der Waals surface area contributed by atoms with E-state index < -0.39 is 24.1 Å². The Morgan fingerprint density at radius 2 is 1.65 bits per heavy atom. The van der Waals surface area contributed by atoms with Crippen LogP contribution >= 0.6 is 0 Å². The van der Waals surface area contributed by atoms with Gasteiger partial charge in [-0.2, -0.15) is 0 Å². The third-order valence-corrected chi connectivity index (χ3v) is 14.4. The normalized spacial score (nSPS) is 34.7. The van der Waals surface area contributed by atoms with Crippen molar-refractivity contribution in [3.63, 3.8) is 0 Å². The highest BCUT2D eigenvalue weighted by Crippen LogP contribution is 2.74. The van der Waals surface area contributed by atoms with E-state index in [9.17, 15) is 19.8 Å². The largest absolute Gasteiger partial charge is 0.493 e. The summed E-state index contributed by atoms with van der Waals surface area (Å²) in [5.41, 5.74) is 2.64. The van der Waals surface area contributed by atoms with Gasteiger partial charge in [0.05, 0.1) is 45.4 Å². The summed E-state index contributed by atoms with van der Waals surface area (Å²) in [6.45, 7) is 14.5. The Kier molecular flexibility index (Phi) is 11.5. The molecule has 0 unspecified atom stereocenters. The lowest BCUT2D eigenvalue weighted by atomic mass is 9.36. The van der Waals surface area contributed by atoms with Crippen molar-refractivity contribution in [2.75, 3.05) is 21.3 Å². The van der Waals surface area contributed by atoms with Crippen molar-refractivity contribution in [3.8, 4) is 22.9 Å². The lowest BCUT2D eigenvalue weighted by Gasteiger charge is -2.69. The fourth-order valence-electron chi connectivity index (χ4n) is 11.7. The number of rotatable bonds is 11. The predicted molar refractivity (Wildman–Crippen MR) is 206 cm³/mol. The molecule has 4 aliphatic carbocycles. The van der Waals surface area contributed by atoms with Crippen molar-refractivity contribution in [1.82, 2.24) is 15.0 Å². The summed E-state index contributed by atoms with van der Waals surface area (Å²) in [6, 6.07) is 3.50. The quantitative estimate of drug-likeness (QED) is 0.139. The third kappa shape index (κ3) is 7.06. The van der Waals surface area contributed by atoms with Crippen LogP contribution < -0.4 is 14.2 Å². The fourth-order valence-corrected chi connectivity index (χ4v) is 11.7. The van der Waals surface area contributed by atoms with Crippen LogP contribution in [0.3, 0.4) is 0 Å². The van der Waals surface area contributed by atoms with Gasteiger partial charge < -0.3 is 33.9 Å². The van der Waals surface area contributed by atoms with Crippen LogP contribution in [0.4, 0.5) is 0 Å². The Morgan fingerprint density at radius 3 is 2.27 bits per heavy atom. The second-order valence-corrected chi connectivity index (χ2v) is 17.5. The molecular weight excluding hydrogens is 702 g/mol. The SMILES string of the molecule is COc1cc(-n2cc(COC(=O)/C(CCC=C(C)C)=C3\[C@@H](OC(C)=O)C[C@@]4(C)[C@H]3C[C@@H](O)[C@H]3[C@@]5(C)CC[C@@H](O)[C@@H](C)[C@@H]5CC[C@@]34C)nn2)cc(OC)c1OC. The number of fused-ring (bicyclic) bond motifs is 5. The minimum absolute atomic E-state index is 0.00148. The molecule has 12 nitrogen and oxygen atoms in total. The summed E-state index contributed by atoms with van der Waals surface area (Å²) in [7, 11) is 4.61. The maximum absolute atomic E-state index is 14.4. The molecule has 10 atom stereocenters. The highest BCUT2D eigenvalue weighted by molar-refractivity contribution is 5.90. The number of esters is 2. The zero-order chi connectivity index (χ0) is 40.0. The molecular formula is C43H61N3O9. The molecule has 2 aromatic rings. The van der Waals surface area contributed by atoms with Crippen LogP contribution in [0, 0.1) is 39.9 Å². The molecule has 6 rings (SSSR count). The molecule has 0 radical (unpaired) electrons. The minimum atomic E-state index is -0.622. The van der Waals surface area contributed by atoms with Gasteiger partial charge in [-0.05, 0) is 111 Å². The monoisotopic (exact) mass is 763 g/mol. The molecule has 0 saturated heterocycles. The van der Waals surface area contributed by atoms with Gasteiger partial charge in [-0.3, -0.25) is 4.79 Å². The van der Waals surface area contributed by atoms with E-state index in [1.807, 2.05) is 13.8 Å². The van der Waals surface area contributed by atoms with E-state index in [0.717, 1.165) is 36.8 Å². The summed E-state index contributed by atoms with van der Waals surface area (Å²) in [6.07, 6.45) is 7.67. The Labute approximate surface area is 325 Å². The van der Waals surface area contributed by atoms with E-state index in [1.165, 1.54) is 28.3 Å². The van der Waals surface area contributed by atoms with Gasteiger partial charge in [0.2, 0.25) is 5.75 Å². The topological polar surface area (TPSA) is 151 Å². The molecule has 0 spiro atoms. The Morgan fingerprint density at radius 1 is 0.964 bits per heavy atom. The van der Waals surface area contributed by atoms with Gasteiger partial charge >= 0.3 is 11.9 Å². The van der Waals surface area contributed by atoms with Gasteiger partial charge in [-0.1, -0.05) is 44.6 Å². The summed E-state index contributed by atoms with van der Waals surface area (Å²) >= 11 is 0. The molecule has 302 valence electrons. The van der Waals surface area contributed by atoms with Crippen LogP contribution in [0.15, 0.2) is 41.1 Å². The molecule has 4 fully saturated rings. The van der Waals surface area contributed by atoms with E-state index in [-0.39, 0.29) is 46.7 Å². The summed E-state index contributed by atoms with van der Waals surface area (Å²) in [4.78, 5) is 27.2. The number of methoxy groups -OCH3 is 3. The van der Waals surface area contributed by atoms with Crippen molar-refractivity contribution in [2.45, 2.75) is 125 Å². The standard InChI is InChI=1S/C43H61N3O9/c1-24(2)12-11-13-29(40(50)54-23-27-22-46(45-44-27)28-18-34(51-8)38(53-10)35(19-28)52-9)37-31-20-33(49)39-41(5)16-15-32(48)25(3)30(41)14-17-42(39,6)43(31,7)21-36(37)55-26(4)47/h12,18-19,22,25,30-33,36,39,48-49H,11,13-17,20-21,23H2,1-10H3/b37-29-/t25-,30-,31-,32+,33+,36-,39-,41-,42-,43-/m0/s1. The Balaban J connectivity index is 1.35. The molecule has 0 aliphatic heterocycles. The van der Waals surface area contributed by atoms with Crippen molar-refractivity contribution in [2.24, 2.45) is 39.9 Å². The highest BCUT2D eigenvalue weighted by atomic mass is 16.5. The van der Waals surface area contributed by atoms with E-state index >= 15 is 0 Å². The van der Waals surface area contributed by atoms with Crippen molar-refractivity contribution >= 4 is 11.9 Å². The molecule has 1 aromatic carbocycles. The minimum Gasteiger partial charge on any atom is -0.493 e. The van der Waals surface area contributed by atoms with E-state index in [0.29, 0.717) is 65.8 Å². The van der Waals surface area contributed by atoms with Crippen molar-refractivity contribution in [3.05, 3.63) is 46.8 Å². The number of aliphatic hydroxyl groups is 2. The summed E-state index contributed by atoms with van der Waals surface area (Å²) in [5, 5.41) is 31.8. The highest BCUT2D eigenvalue weighted by Gasteiger charge is 2.70. The number of carbonyl (C=O) groups is 2. The molecule has 55 heavy (non-hydrogen) atoms. The first kappa shape index (κ1) is 40.8. The Hall–Kier alpha value is -3.90. The zero-order valence-electron chi connectivity index (χ0n) is 34.3. The second kappa shape index (κ2) is 15.6. The number of nitrogens with zero attached hydrogens (tertiary/aromatic N) is 3. The zero-order valence-corrected chi connectivity index (χ0v) is 34.3. The molecule has 0 bridgehead atoms. The molecule has 0 amide bonds. The van der Waals surface area contributed by atoms with Gasteiger partial charge in [0.15, 0.2) is 11.5 Å². The number of allylic oxidation sites excluding steroid dienone is 2. The van der Waals surface area contributed by atoms with Gasteiger partial charge in [0, 0.05) is 24.6 Å². The van der Waals surface area contributed by atoms with Crippen molar-refractivity contribution < 1.29 is 43.5 Å². The fraction of sp³-hybridized carbons (Fsp3) is 0.674.